The predicted molar refractivity (Wildman–Crippen MR) is 71.9 cm³/mol. The number of nitrogens with one attached hydrogen (secondary N) is 1. The van der Waals surface area contributed by atoms with Gasteiger partial charge in [0.05, 0.1) is 6.10 Å². The molecule has 0 saturated heterocycles. The van der Waals surface area contributed by atoms with E-state index in [2.05, 4.69) is 15.3 Å². The standard InChI is InChI=1S/C14H17N3O2/c1-11(18)9-15-10-12-4-2-5-13(8-12)19-14-16-6-3-7-17-14/h2-8,11,15,18H,9-10H2,1H3. The first-order valence-electron chi connectivity index (χ1n) is 6.16. The lowest BCUT2D eigenvalue weighted by molar-refractivity contribution is 0.191. The Morgan fingerprint density at radius 3 is 2.79 bits per heavy atom. The van der Waals surface area contributed by atoms with E-state index in [1.807, 2.05) is 24.3 Å². The molecule has 2 aromatic rings. The van der Waals surface area contributed by atoms with Gasteiger partial charge in [-0.15, -0.1) is 0 Å². The highest BCUT2D eigenvalue weighted by molar-refractivity contribution is 5.30. The van der Waals surface area contributed by atoms with Crippen LogP contribution in [0.3, 0.4) is 0 Å². The maximum atomic E-state index is 9.18. The highest BCUT2D eigenvalue weighted by Gasteiger charge is 2.01. The summed E-state index contributed by atoms with van der Waals surface area (Å²) in [4.78, 5) is 8.01. The molecular weight excluding hydrogens is 242 g/mol. The molecule has 0 aliphatic carbocycles. The van der Waals surface area contributed by atoms with Crippen LogP contribution < -0.4 is 10.1 Å². The average molecular weight is 259 g/mol. The number of benzene rings is 1. The van der Waals surface area contributed by atoms with Crippen LogP contribution in [0.2, 0.25) is 0 Å². The Kier molecular flexibility index (Phi) is 4.83. The largest absolute Gasteiger partial charge is 0.424 e. The number of hydrogen-bond acceptors (Lipinski definition) is 5. The summed E-state index contributed by atoms with van der Waals surface area (Å²) in [6.45, 7) is 2.99. The minimum atomic E-state index is -0.350. The molecule has 0 spiro atoms. The van der Waals surface area contributed by atoms with Crippen LogP contribution >= 0.6 is 0 Å². The van der Waals surface area contributed by atoms with Crippen molar-refractivity contribution in [2.75, 3.05) is 6.54 Å². The number of hydrogen-bond donors (Lipinski definition) is 2. The Balaban J connectivity index is 1.95. The number of aliphatic hydroxyl groups excluding tert-OH is 1. The molecule has 1 aromatic heterocycles. The van der Waals surface area contributed by atoms with Crippen LogP contribution in [-0.4, -0.2) is 27.7 Å². The number of nitrogens with zero attached hydrogens (tertiary/aromatic N) is 2. The van der Waals surface area contributed by atoms with Crippen molar-refractivity contribution in [1.29, 1.82) is 0 Å². The summed E-state index contributed by atoms with van der Waals surface area (Å²) in [5.74, 6) is 0.697. The molecular formula is C14H17N3O2. The number of rotatable bonds is 6. The molecule has 0 fully saturated rings. The Hall–Kier alpha value is -1.98. The Morgan fingerprint density at radius 1 is 1.26 bits per heavy atom. The Morgan fingerprint density at radius 2 is 2.05 bits per heavy atom. The average Bonchev–Trinajstić information content (AvgIpc) is 2.40. The molecule has 0 saturated carbocycles. The van der Waals surface area contributed by atoms with Gasteiger partial charge in [-0.1, -0.05) is 12.1 Å². The molecule has 5 nitrogen and oxygen atoms in total. The maximum Gasteiger partial charge on any atom is 0.321 e. The molecule has 0 bridgehead atoms. The molecule has 19 heavy (non-hydrogen) atoms. The van der Waals surface area contributed by atoms with Gasteiger partial charge in [0.2, 0.25) is 0 Å². The summed E-state index contributed by atoms with van der Waals surface area (Å²) in [6, 6.07) is 9.76. The van der Waals surface area contributed by atoms with E-state index in [0.29, 0.717) is 24.8 Å². The highest BCUT2D eigenvalue weighted by atomic mass is 16.5. The quantitative estimate of drug-likeness (QED) is 0.827. The van der Waals surface area contributed by atoms with Crippen LogP contribution in [0.1, 0.15) is 12.5 Å². The molecule has 1 heterocycles. The van der Waals surface area contributed by atoms with Crippen LogP contribution in [0.4, 0.5) is 0 Å². The summed E-state index contributed by atoms with van der Waals surface area (Å²) in [6.07, 6.45) is 2.92. The monoisotopic (exact) mass is 259 g/mol. The second kappa shape index (κ2) is 6.82. The van der Waals surface area contributed by atoms with Crippen molar-refractivity contribution in [2.45, 2.75) is 19.6 Å². The number of ether oxygens (including phenoxy) is 1. The third-order valence-electron chi connectivity index (χ3n) is 2.42. The van der Waals surface area contributed by atoms with Gasteiger partial charge >= 0.3 is 6.01 Å². The van der Waals surface area contributed by atoms with Gasteiger partial charge in [0.1, 0.15) is 5.75 Å². The van der Waals surface area contributed by atoms with Gasteiger partial charge < -0.3 is 15.2 Å². The zero-order chi connectivity index (χ0) is 13.5. The van der Waals surface area contributed by atoms with Crippen molar-refractivity contribution < 1.29 is 9.84 Å². The first-order chi connectivity index (χ1) is 9.24. The molecule has 0 amide bonds. The molecule has 0 aliphatic heterocycles. The van der Waals surface area contributed by atoms with Crippen molar-refractivity contribution in [3.8, 4) is 11.8 Å². The third kappa shape index (κ3) is 4.65. The SMILES string of the molecule is CC(O)CNCc1cccc(Oc2ncccn2)c1. The first-order valence-corrected chi connectivity index (χ1v) is 6.16. The van der Waals surface area contributed by atoms with Gasteiger partial charge in [0.25, 0.3) is 0 Å². The summed E-state index contributed by atoms with van der Waals surface area (Å²) in [5, 5.41) is 12.3. The summed E-state index contributed by atoms with van der Waals surface area (Å²) >= 11 is 0. The van der Waals surface area contributed by atoms with Crippen molar-refractivity contribution in [3.63, 3.8) is 0 Å². The van der Waals surface area contributed by atoms with E-state index < -0.39 is 0 Å². The molecule has 0 aliphatic rings. The topological polar surface area (TPSA) is 67.3 Å². The van der Waals surface area contributed by atoms with Crippen molar-refractivity contribution >= 4 is 0 Å². The van der Waals surface area contributed by atoms with Gasteiger partial charge in [0, 0.05) is 25.5 Å². The molecule has 100 valence electrons. The van der Waals surface area contributed by atoms with Crippen LogP contribution in [0.5, 0.6) is 11.8 Å². The Bertz CT molecular complexity index is 503. The molecule has 2 rings (SSSR count). The predicted octanol–water partition coefficient (Wildman–Crippen LogP) is 1.74. The summed E-state index contributed by atoms with van der Waals surface area (Å²) in [5.41, 5.74) is 1.08. The van der Waals surface area contributed by atoms with Crippen molar-refractivity contribution in [2.24, 2.45) is 0 Å². The second-order valence-electron chi connectivity index (χ2n) is 4.26. The molecule has 1 atom stereocenters. The van der Waals surface area contributed by atoms with E-state index in [1.165, 1.54) is 0 Å². The van der Waals surface area contributed by atoms with E-state index in [1.54, 1.807) is 25.4 Å². The third-order valence-corrected chi connectivity index (χ3v) is 2.42. The fourth-order valence-corrected chi connectivity index (χ4v) is 1.59. The van der Waals surface area contributed by atoms with Gasteiger partial charge in [-0.2, -0.15) is 0 Å². The normalized spacial score (nSPS) is 12.1. The van der Waals surface area contributed by atoms with Gasteiger partial charge in [-0.05, 0) is 30.7 Å². The zero-order valence-corrected chi connectivity index (χ0v) is 10.8. The van der Waals surface area contributed by atoms with E-state index >= 15 is 0 Å². The minimum absolute atomic E-state index is 0.330. The van der Waals surface area contributed by atoms with Crippen LogP contribution in [0.25, 0.3) is 0 Å². The summed E-state index contributed by atoms with van der Waals surface area (Å²) < 4.78 is 5.55. The molecule has 2 N–H and O–H groups in total. The van der Waals surface area contributed by atoms with E-state index in [9.17, 15) is 5.11 Å². The van der Waals surface area contributed by atoms with Crippen molar-refractivity contribution in [1.82, 2.24) is 15.3 Å². The smallest absolute Gasteiger partial charge is 0.321 e. The number of aliphatic hydroxyl groups is 1. The van der Waals surface area contributed by atoms with E-state index in [-0.39, 0.29) is 6.10 Å². The maximum absolute atomic E-state index is 9.18. The van der Waals surface area contributed by atoms with E-state index in [0.717, 1.165) is 5.56 Å². The van der Waals surface area contributed by atoms with Gasteiger partial charge in [0.15, 0.2) is 0 Å². The van der Waals surface area contributed by atoms with Gasteiger partial charge in [-0.3, -0.25) is 0 Å². The van der Waals surface area contributed by atoms with Crippen LogP contribution in [0, 0.1) is 0 Å². The van der Waals surface area contributed by atoms with Gasteiger partial charge in [-0.25, -0.2) is 9.97 Å². The minimum Gasteiger partial charge on any atom is -0.424 e. The molecule has 1 unspecified atom stereocenters. The second-order valence-corrected chi connectivity index (χ2v) is 4.26. The lowest BCUT2D eigenvalue weighted by Crippen LogP contribution is -2.23. The van der Waals surface area contributed by atoms with Crippen LogP contribution in [0.15, 0.2) is 42.7 Å². The summed E-state index contributed by atoms with van der Waals surface area (Å²) in [7, 11) is 0. The molecule has 1 aromatic carbocycles. The van der Waals surface area contributed by atoms with E-state index in [4.69, 9.17) is 4.74 Å². The van der Waals surface area contributed by atoms with Crippen LogP contribution in [-0.2, 0) is 6.54 Å². The zero-order valence-electron chi connectivity index (χ0n) is 10.8. The Labute approximate surface area is 112 Å². The lowest BCUT2D eigenvalue weighted by atomic mass is 10.2. The number of aromatic nitrogens is 2. The fourth-order valence-electron chi connectivity index (χ4n) is 1.59. The lowest BCUT2D eigenvalue weighted by Gasteiger charge is -2.08. The highest BCUT2D eigenvalue weighted by Crippen LogP contribution is 2.18. The fraction of sp³-hybridized carbons (Fsp3) is 0.286. The molecule has 0 radical (unpaired) electrons. The first kappa shape index (κ1) is 13.5. The molecule has 5 heteroatoms. The van der Waals surface area contributed by atoms with Crippen molar-refractivity contribution in [3.05, 3.63) is 48.3 Å².